The smallest absolute Gasteiger partial charge is 0.238 e. The van der Waals surface area contributed by atoms with Crippen molar-refractivity contribution in [3.8, 4) is 5.75 Å². The Labute approximate surface area is 198 Å². The lowest BCUT2D eigenvalue weighted by molar-refractivity contribution is -0.120. The highest BCUT2D eigenvalue weighted by Crippen LogP contribution is 2.31. The molecule has 3 aromatic carbocycles. The van der Waals surface area contributed by atoms with Crippen molar-refractivity contribution >= 4 is 27.7 Å². The number of pyridine rings is 1. The minimum atomic E-state index is -0.228. The molecular weight excluding hydrogens is 424 g/mol. The van der Waals surface area contributed by atoms with Crippen molar-refractivity contribution in [3.63, 3.8) is 0 Å². The average molecular weight is 451 g/mol. The van der Waals surface area contributed by atoms with Crippen LogP contribution >= 0.6 is 0 Å². The molecule has 5 rings (SSSR count). The van der Waals surface area contributed by atoms with E-state index < -0.39 is 0 Å². The van der Waals surface area contributed by atoms with Crippen molar-refractivity contribution in [2.45, 2.75) is 26.5 Å². The van der Waals surface area contributed by atoms with Crippen LogP contribution < -0.4 is 16.0 Å². The summed E-state index contributed by atoms with van der Waals surface area (Å²) in [6.07, 6.45) is 0.205. The summed E-state index contributed by atoms with van der Waals surface area (Å²) in [5, 5.41) is 2.09. The van der Waals surface area contributed by atoms with E-state index in [-0.39, 0.29) is 12.3 Å². The summed E-state index contributed by atoms with van der Waals surface area (Å²) in [4.78, 5) is 16.9. The third kappa shape index (κ3) is 4.36. The number of nitrogens with two attached hydrogens (primary N) is 1. The Morgan fingerprint density at radius 1 is 1.00 bits per heavy atom. The number of hydrogen-bond donors (Lipinski definition) is 2. The van der Waals surface area contributed by atoms with Crippen molar-refractivity contribution in [2.75, 3.05) is 0 Å². The topological polar surface area (TPSA) is 82.2 Å². The number of benzene rings is 3. The van der Waals surface area contributed by atoms with E-state index in [1.54, 1.807) is 0 Å². The Balaban J connectivity index is 1.47. The van der Waals surface area contributed by atoms with Crippen LogP contribution in [0.15, 0.2) is 84.9 Å². The highest BCUT2D eigenvalue weighted by Gasteiger charge is 2.17. The van der Waals surface area contributed by atoms with Crippen LogP contribution in [0.2, 0.25) is 0 Å². The van der Waals surface area contributed by atoms with Crippen LogP contribution in [0.25, 0.3) is 21.8 Å². The van der Waals surface area contributed by atoms with Crippen LogP contribution in [0.5, 0.6) is 5.75 Å². The molecule has 2 aromatic heterocycles. The molecule has 5 aromatic rings. The molecule has 0 aliphatic heterocycles. The average Bonchev–Trinajstić information content (AvgIpc) is 3.13. The van der Waals surface area contributed by atoms with Crippen molar-refractivity contribution < 1.29 is 9.53 Å². The molecule has 3 N–H and O–H groups in total. The monoisotopic (exact) mass is 450 g/mol. The minimum Gasteiger partial charge on any atom is -0.487 e. The standard InChI is InChI=1S/C28H26N4O2/c1-19-24(16-28(33)31-29)25-15-23(13-14-27(25)32(19)17-20-7-3-2-4-8-20)34-18-22-12-11-21-9-5-6-10-26(21)30-22/h2-15H,16-18,29H2,1H3,(H,31,33). The zero-order valence-electron chi connectivity index (χ0n) is 19.0. The van der Waals surface area contributed by atoms with E-state index >= 15 is 0 Å². The van der Waals surface area contributed by atoms with Gasteiger partial charge in [0.05, 0.1) is 17.6 Å². The first-order valence-corrected chi connectivity index (χ1v) is 11.2. The Kier molecular flexibility index (Phi) is 5.97. The van der Waals surface area contributed by atoms with E-state index in [4.69, 9.17) is 10.6 Å². The third-order valence-corrected chi connectivity index (χ3v) is 6.15. The van der Waals surface area contributed by atoms with Crippen LogP contribution in [-0.4, -0.2) is 15.5 Å². The molecule has 2 heterocycles. The molecule has 0 radical (unpaired) electrons. The molecule has 0 saturated carbocycles. The Morgan fingerprint density at radius 2 is 1.79 bits per heavy atom. The summed E-state index contributed by atoms with van der Waals surface area (Å²) in [5.74, 6) is 5.89. The minimum absolute atomic E-state index is 0.205. The first kappa shape index (κ1) is 21.7. The van der Waals surface area contributed by atoms with Crippen molar-refractivity contribution in [3.05, 3.63) is 107 Å². The molecular formula is C28H26N4O2. The number of aromatic nitrogens is 2. The molecule has 0 aliphatic carbocycles. The first-order chi connectivity index (χ1) is 16.6. The SMILES string of the molecule is Cc1c(CC(=O)NN)c2cc(OCc3ccc4ccccc4n3)ccc2n1Cc1ccccc1. The summed E-state index contributed by atoms with van der Waals surface area (Å²) in [6, 6.07) is 28.4. The van der Waals surface area contributed by atoms with E-state index in [0.717, 1.165) is 44.5 Å². The molecule has 6 heteroatoms. The Bertz CT molecular complexity index is 1470. The Hall–Kier alpha value is -4.16. The number of carbonyl (C=O) groups is 1. The fourth-order valence-electron chi connectivity index (χ4n) is 4.37. The van der Waals surface area contributed by atoms with E-state index in [1.165, 1.54) is 5.56 Å². The van der Waals surface area contributed by atoms with Gasteiger partial charge in [0.25, 0.3) is 0 Å². The molecule has 0 spiro atoms. The maximum absolute atomic E-state index is 12.2. The van der Waals surface area contributed by atoms with Crippen LogP contribution in [-0.2, 0) is 24.4 Å². The number of carbonyl (C=O) groups excluding carboxylic acids is 1. The molecule has 0 unspecified atom stereocenters. The number of fused-ring (bicyclic) bond motifs is 2. The Morgan fingerprint density at radius 3 is 2.62 bits per heavy atom. The van der Waals surface area contributed by atoms with Crippen LogP contribution in [0.4, 0.5) is 0 Å². The van der Waals surface area contributed by atoms with Gasteiger partial charge in [0.2, 0.25) is 5.91 Å². The third-order valence-electron chi connectivity index (χ3n) is 6.15. The molecule has 0 saturated heterocycles. The lowest BCUT2D eigenvalue weighted by atomic mass is 10.1. The van der Waals surface area contributed by atoms with E-state index in [2.05, 4.69) is 39.2 Å². The number of amides is 1. The number of para-hydroxylation sites is 1. The maximum atomic E-state index is 12.2. The predicted octanol–water partition coefficient (Wildman–Crippen LogP) is 4.66. The van der Waals surface area contributed by atoms with Crippen LogP contribution in [0, 0.1) is 6.92 Å². The summed E-state index contributed by atoms with van der Waals surface area (Å²) in [6.45, 7) is 3.12. The summed E-state index contributed by atoms with van der Waals surface area (Å²) in [5.41, 5.74) is 8.29. The number of nitrogens with one attached hydrogen (secondary N) is 1. The normalized spacial score (nSPS) is 11.1. The predicted molar refractivity (Wildman–Crippen MR) is 134 cm³/mol. The fourth-order valence-corrected chi connectivity index (χ4v) is 4.37. The summed E-state index contributed by atoms with van der Waals surface area (Å²) < 4.78 is 8.34. The fraction of sp³-hybridized carbons (Fsp3) is 0.143. The van der Waals surface area contributed by atoms with Gasteiger partial charge in [-0.1, -0.05) is 54.6 Å². The first-order valence-electron chi connectivity index (χ1n) is 11.2. The number of hydrogen-bond acceptors (Lipinski definition) is 4. The second-order valence-corrected chi connectivity index (χ2v) is 8.34. The highest BCUT2D eigenvalue weighted by atomic mass is 16.5. The largest absolute Gasteiger partial charge is 0.487 e. The summed E-state index contributed by atoms with van der Waals surface area (Å²) in [7, 11) is 0. The molecule has 0 atom stereocenters. The number of rotatable bonds is 7. The maximum Gasteiger partial charge on any atom is 0.238 e. The summed E-state index contributed by atoms with van der Waals surface area (Å²) >= 11 is 0. The zero-order valence-corrected chi connectivity index (χ0v) is 19.0. The van der Waals surface area contributed by atoms with Gasteiger partial charge in [0, 0.05) is 28.5 Å². The molecule has 0 fully saturated rings. The second-order valence-electron chi connectivity index (χ2n) is 8.34. The molecule has 34 heavy (non-hydrogen) atoms. The van der Waals surface area contributed by atoms with Gasteiger partial charge in [-0.25, -0.2) is 10.8 Å². The van der Waals surface area contributed by atoms with Gasteiger partial charge < -0.3 is 9.30 Å². The van der Waals surface area contributed by atoms with Crippen molar-refractivity contribution in [2.24, 2.45) is 5.84 Å². The quantitative estimate of drug-likeness (QED) is 0.215. The zero-order chi connectivity index (χ0) is 23.5. The molecule has 170 valence electrons. The van der Waals surface area contributed by atoms with Gasteiger partial charge in [-0.3, -0.25) is 10.2 Å². The number of ether oxygens (including phenoxy) is 1. The number of hydrazine groups is 1. The molecule has 0 bridgehead atoms. The van der Waals surface area contributed by atoms with Gasteiger partial charge in [-0.15, -0.1) is 0 Å². The van der Waals surface area contributed by atoms with Gasteiger partial charge in [-0.05, 0) is 48.4 Å². The highest BCUT2D eigenvalue weighted by molar-refractivity contribution is 5.91. The van der Waals surface area contributed by atoms with E-state index in [0.29, 0.717) is 13.2 Å². The van der Waals surface area contributed by atoms with Gasteiger partial charge in [-0.2, -0.15) is 0 Å². The lowest BCUT2D eigenvalue weighted by Crippen LogP contribution is -2.31. The van der Waals surface area contributed by atoms with Gasteiger partial charge >= 0.3 is 0 Å². The number of nitrogens with zero attached hydrogens (tertiary/aromatic N) is 2. The van der Waals surface area contributed by atoms with Gasteiger partial charge in [0.1, 0.15) is 12.4 Å². The van der Waals surface area contributed by atoms with Gasteiger partial charge in [0.15, 0.2) is 0 Å². The van der Waals surface area contributed by atoms with E-state index in [9.17, 15) is 4.79 Å². The molecule has 6 nitrogen and oxygen atoms in total. The lowest BCUT2D eigenvalue weighted by Gasteiger charge is -2.10. The van der Waals surface area contributed by atoms with Crippen molar-refractivity contribution in [1.29, 1.82) is 0 Å². The molecule has 1 amide bonds. The van der Waals surface area contributed by atoms with Crippen LogP contribution in [0.3, 0.4) is 0 Å². The van der Waals surface area contributed by atoms with Crippen molar-refractivity contribution in [1.82, 2.24) is 15.0 Å². The van der Waals surface area contributed by atoms with Crippen LogP contribution in [0.1, 0.15) is 22.5 Å². The second kappa shape index (κ2) is 9.37. The molecule has 0 aliphatic rings. The van der Waals surface area contributed by atoms with E-state index in [1.807, 2.05) is 67.6 Å².